The molecule has 2 heterocycles. The van der Waals surface area contributed by atoms with Crippen LogP contribution in [0.1, 0.15) is 16.8 Å². The predicted molar refractivity (Wildman–Crippen MR) is 104 cm³/mol. The van der Waals surface area contributed by atoms with Crippen LogP contribution < -0.4 is 5.56 Å². The Kier molecular flexibility index (Phi) is 7.93. The van der Waals surface area contributed by atoms with E-state index in [1.807, 2.05) is 16.7 Å². The number of rotatable bonds is 4. The topological polar surface area (TPSA) is 62.5 Å². The zero-order chi connectivity index (χ0) is 22.3. The number of nitrogens with zero attached hydrogens (tertiary/aromatic N) is 2. The van der Waals surface area contributed by atoms with Crippen molar-refractivity contribution in [3.8, 4) is 0 Å². The second-order valence-corrected chi connectivity index (χ2v) is 6.75. The molecule has 0 bridgehead atoms. The van der Waals surface area contributed by atoms with Gasteiger partial charge in [0.05, 0.1) is 0 Å². The van der Waals surface area contributed by atoms with Gasteiger partial charge in [-0.15, -0.1) is 6.58 Å². The van der Waals surface area contributed by atoms with Gasteiger partial charge in [-0.1, -0.05) is 24.3 Å². The van der Waals surface area contributed by atoms with E-state index in [0.717, 1.165) is 43.7 Å². The highest BCUT2D eigenvalue weighted by atomic mass is 19.4. The van der Waals surface area contributed by atoms with E-state index in [1.54, 1.807) is 24.3 Å². The quantitative estimate of drug-likeness (QED) is 0.601. The maximum atomic E-state index is 13.3. The number of hydrogen-bond donors (Lipinski definition) is 1. The fourth-order valence-corrected chi connectivity index (χ4v) is 3.22. The fourth-order valence-electron chi connectivity index (χ4n) is 3.22. The molecule has 9 heteroatoms. The van der Waals surface area contributed by atoms with Gasteiger partial charge in [0.15, 0.2) is 0 Å². The van der Waals surface area contributed by atoms with Gasteiger partial charge in [-0.25, -0.2) is 9.18 Å². The first-order valence-electron chi connectivity index (χ1n) is 9.21. The fraction of sp³-hybridized carbons (Fsp3) is 0.333. The molecule has 1 aliphatic heterocycles. The van der Waals surface area contributed by atoms with E-state index in [-0.39, 0.29) is 11.4 Å². The molecule has 5 nitrogen and oxygen atoms in total. The summed E-state index contributed by atoms with van der Waals surface area (Å²) in [4.78, 5) is 23.3. The van der Waals surface area contributed by atoms with Crippen LogP contribution in [-0.4, -0.2) is 39.8 Å². The monoisotopic (exact) mass is 426 g/mol. The molecule has 0 amide bonds. The van der Waals surface area contributed by atoms with E-state index in [4.69, 9.17) is 9.90 Å². The Balaban J connectivity index is 0.000000396. The zero-order valence-electron chi connectivity index (χ0n) is 16.2. The van der Waals surface area contributed by atoms with Crippen LogP contribution in [-0.2, 0) is 30.7 Å². The van der Waals surface area contributed by atoms with Crippen LogP contribution in [0.25, 0.3) is 0 Å². The summed E-state index contributed by atoms with van der Waals surface area (Å²) in [5, 5.41) is 7.12. The van der Waals surface area contributed by atoms with E-state index < -0.39 is 12.1 Å². The van der Waals surface area contributed by atoms with Crippen molar-refractivity contribution in [2.45, 2.75) is 32.1 Å². The van der Waals surface area contributed by atoms with Crippen molar-refractivity contribution in [2.24, 2.45) is 0 Å². The van der Waals surface area contributed by atoms with Crippen LogP contribution in [0.3, 0.4) is 0 Å². The lowest BCUT2D eigenvalue weighted by Gasteiger charge is -2.19. The van der Waals surface area contributed by atoms with Crippen LogP contribution in [0.4, 0.5) is 17.6 Å². The van der Waals surface area contributed by atoms with Crippen molar-refractivity contribution in [3.63, 3.8) is 0 Å². The summed E-state index contributed by atoms with van der Waals surface area (Å²) in [5.74, 6) is -2.95. The molecular formula is C21H22F4N2O3. The number of carboxylic acid groups (broad SMARTS) is 1. The highest BCUT2D eigenvalue weighted by Gasteiger charge is 2.38. The van der Waals surface area contributed by atoms with E-state index in [0.29, 0.717) is 6.54 Å². The van der Waals surface area contributed by atoms with Crippen molar-refractivity contribution >= 4 is 5.97 Å². The van der Waals surface area contributed by atoms with Gasteiger partial charge in [0.1, 0.15) is 5.82 Å². The smallest absolute Gasteiger partial charge is 0.475 e. The highest BCUT2D eigenvalue weighted by molar-refractivity contribution is 5.73. The van der Waals surface area contributed by atoms with Gasteiger partial charge in [0, 0.05) is 44.4 Å². The Bertz CT molecular complexity index is 954. The average molecular weight is 426 g/mol. The molecule has 1 aromatic heterocycles. The molecule has 0 aliphatic carbocycles. The van der Waals surface area contributed by atoms with Crippen LogP contribution in [0, 0.1) is 5.82 Å². The van der Waals surface area contributed by atoms with Crippen LogP contribution >= 0.6 is 0 Å². The molecular weight excluding hydrogens is 404 g/mol. The number of fused-ring (bicyclic) bond motifs is 1. The maximum Gasteiger partial charge on any atom is 0.490 e. The second kappa shape index (κ2) is 10.2. The van der Waals surface area contributed by atoms with Gasteiger partial charge in [-0.05, 0) is 29.7 Å². The summed E-state index contributed by atoms with van der Waals surface area (Å²) in [6, 6.07) is 10.3. The normalized spacial score (nSPS) is 14.1. The minimum atomic E-state index is -5.08. The van der Waals surface area contributed by atoms with Crippen LogP contribution in [0.2, 0.25) is 0 Å². The lowest BCUT2D eigenvalue weighted by atomic mass is 10.1. The molecule has 3 rings (SSSR count). The molecule has 0 fully saturated rings. The predicted octanol–water partition coefficient (Wildman–Crippen LogP) is 3.41. The molecule has 0 spiro atoms. The van der Waals surface area contributed by atoms with E-state index in [1.165, 1.54) is 11.6 Å². The molecule has 162 valence electrons. The molecule has 1 aliphatic rings. The third kappa shape index (κ3) is 6.55. The van der Waals surface area contributed by atoms with Crippen LogP contribution in [0.5, 0.6) is 0 Å². The van der Waals surface area contributed by atoms with Gasteiger partial charge in [-0.2, -0.15) is 13.2 Å². The average Bonchev–Trinajstić information content (AvgIpc) is 2.87. The third-order valence-corrected chi connectivity index (χ3v) is 4.60. The van der Waals surface area contributed by atoms with E-state index in [9.17, 15) is 22.4 Å². The number of aliphatic carboxylic acids is 1. The summed E-state index contributed by atoms with van der Waals surface area (Å²) in [7, 11) is 0. The second-order valence-electron chi connectivity index (χ2n) is 6.75. The molecule has 1 aromatic carbocycles. The number of halogens is 4. The Morgan fingerprint density at radius 1 is 1.17 bits per heavy atom. The van der Waals surface area contributed by atoms with E-state index >= 15 is 0 Å². The number of allylic oxidation sites excluding steroid dienone is 1. The SMILES string of the molecule is C=CCn1c2c(ccc1=O)CCN(Cc1cccc(F)c1)CC2.O=C(O)C(F)(F)F. The lowest BCUT2D eigenvalue weighted by Crippen LogP contribution is -2.27. The van der Waals surface area contributed by atoms with Gasteiger partial charge in [0.25, 0.3) is 5.56 Å². The van der Waals surface area contributed by atoms with Crippen molar-refractivity contribution in [1.82, 2.24) is 9.47 Å². The third-order valence-electron chi connectivity index (χ3n) is 4.60. The number of hydrogen-bond acceptors (Lipinski definition) is 3. The van der Waals surface area contributed by atoms with Crippen LogP contribution in [0.15, 0.2) is 53.8 Å². The summed E-state index contributed by atoms with van der Waals surface area (Å²) < 4.78 is 46.9. The zero-order valence-corrected chi connectivity index (χ0v) is 16.2. The first-order valence-corrected chi connectivity index (χ1v) is 9.21. The Labute approximate surface area is 170 Å². The minimum Gasteiger partial charge on any atom is -0.475 e. The Hall–Kier alpha value is -2.94. The van der Waals surface area contributed by atoms with Crippen molar-refractivity contribution in [1.29, 1.82) is 0 Å². The van der Waals surface area contributed by atoms with E-state index in [2.05, 4.69) is 11.5 Å². The van der Waals surface area contributed by atoms with Crippen molar-refractivity contribution < 1.29 is 27.5 Å². The van der Waals surface area contributed by atoms with Crippen molar-refractivity contribution in [2.75, 3.05) is 13.1 Å². The van der Waals surface area contributed by atoms with Gasteiger partial charge in [0.2, 0.25) is 0 Å². The number of carbonyl (C=O) groups is 1. The maximum absolute atomic E-state index is 13.3. The first-order chi connectivity index (χ1) is 14.1. The largest absolute Gasteiger partial charge is 0.490 e. The number of pyridine rings is 1. The summed E-state index contributed by atoms with van der Waals surface area (Å²) in [6.07, 6.45) is -1.59. The highest BCUT2D eigenvalue weighted by Crippen LogP contribution is 2.17. The van der Waals surface area contributed by atoms with Crippen molar-refractivity contribution in [3.05, 3.63) is 82.0 Å². The molecule has 1 N–H and O–H groups in total. The lowest BCUT2D eigenvalue weighted by molar-refractivity contribution is -0.192. The Morgan fingerprint density at radius 3 is 2.43 bits per heavy atom. The molecule has 0 atom stereocenters. The van der Waals surface area contributed by atoms with Gasteiger partial charge >= 0.3 is 12.1 Å². The number of aromatic nitrogens is 1. The molecule has 2 aromatic rings. The molecule has 0 unspecified atom stereocenters. The number of benzene rings is 1. The van der Waals surface area contributed by atoms with Gasteiger partial charge < -0.3 is 9.67 Å². The molecule has 0 saturated carbocycles. The molecule has 0 saturated heterocycles. The first kappa shape index (κ1) is 23.3. The molecule has 30 heavy (non-hydrogen) atoms. The van der Waals surface area contributed by atoms with Gasteiger partial charge in [-0.3, -0.25) is 9.69 Å². The molecule has 0 radical (unpaired) electrons. The number of alkyl halides is 3. The Morgan fingerprint density at radius 2 is 1.83 bits per heavy atom. The standard InChI is InChI=1S/C19H21FN2O.C2HF3O2/c1-2-10-22-18-9-12-21(11-8-16(18)6-7-19(22)23)14-15-4-3-5-17(20)13-15;3-2(4,5)1(6)7/h2-7,13H,1,8-12,14H2;(H,6,7). The number of carboxylic acids is 1. The summed E-state index contributed by atoms with van der Waals surface area (Å²) in [5.41, 5.74) is 3.36. The summed E-state index contributed by atoms with van der Waals surface area (Å²) >= 11 is 0. The summed E-state index contributed by atoms with van der Waals surface area (Å²) in [6.45, 7) is 6.80. The minimum absolute atomic E-state index is 0.0298.